The number of hydrogen-bond donors (Lipinski definition) is 0. The standard InChI is InChI=1S/C14H14ClN5OS2/c1-21-8-2-7-20-13(17-18-19-20)23-14-16-12(9-22-14)10-3-5-11(15)6-4-10/h3-6,9H,2,7-8H2,1H3. The molecule has 0 saturated carbocycles. The van der Waals surface area contributed by atoms with Crippen LogP contribution in [0.2, 0.25) is 5.02 Å². The molecule has 0 radical (unpaired) electrons. The van der Waals surface area contributed by atoms with E-state index in [1.807, 2.05) is 29.6 Å². The highest BCUT2D eigenvalue weighted by atomic mass is 35.5. The Morgan fingerprint density at radius 3 is 2.91 bits per heavy atom. The number of benzene rings is 1. The maximum Gasteiger partial charge on any atom is 0.216 e. The van der Waals surface area contributed by atoms with Gasteiger partial charge >= 0.3 is 0 Å². The lowest BCUT2D eigenvalue weighted by molar-refractivity contribution is 0.187. The van der Waals surface area contributed by atoms with Gasteiger partial charge in [0.15, 0.2) is 4.34 Å². The van der Waals surface area contributed by atoms with Crippen molar-refractivity contribution in [3.8, 4) is 11.3 Å². The van der Waals surface area contributed by atoms with E-state index < -0.39 is 0 Å². The number of thiazole rings is 1. The van der Waals surface area contributed by atoms with Crippen LogP contribution in [0.15, 0.2) is 39.1 Å². The van der Waals surface area contributed by atoms with E-state index in [9.17, 15) is 0 Å². The lowest BCUT2D eigenvalue weighted by atomic mass is 10.2. The van der Waals surface area contributed by atoms with Crippen LogP contribution in [0.5, 0.6) is 0 Å². The summed E-state index contributed by atoms with van der Waals surface area (Å²) in [6.07, 6.45) is 0.864. The molecule has 0 amide bonds. The Balaban J connectivity index is 1.70. The summed E-state index contributed by atoms with van der Waals surface area (Å²) in [4.78, 5) is 4.63. The third kappa shape index (κ3) is 4.29. The van der Waals surface area contributed by atoms with Crippen LogP contribution in [0, 0.1) is 0 Å². The Morgan fingerprint density at radius 2 is 2.13 bits per heavy atom. The zero-order valence-corrected chi connectivity index (χ0v) is 14.7. The number of tetrazole rings is 1. The van der Waals surface area contributed by atoms with Gasteiger partial charge in [-0.1, -0.05) is 23.7 Å². The van der Waals surface area contributed by atoms with Gasteiger partial charge in [-0.2, -0.15) is 0 Å². The van der Waals surface area contributed by atoms with Gasteiger partial charge < -0.3 is 4.74 Å². The van der Waals surface area contributed by atoms with Crippen LogP contribution < -0.4 is 0 Å². The number of ether oxygens (including phenoxy) is 1. The summed E-state index contributed by atoms with van der Waals surface area (Å²) < 4.78 is 7.72. The predicted molar refractivity (Wildman–Crippen MR) is 91.0 cm³/mol. The summed E-state index contributed by atoms with van der Waals surface area (Å²) in [5.74, 6) is 0. The lowest BCUT2D eigenvalue weighted by Gasteiger charge is -2.02. The summed E-state index contributed by atoms with van der Waals surface area (Å²) in [5, 5.41) is 15.3. The number of nitrogens with zero attached hydrogens (tertiary/aromatic N) is 5. The molecule has 6 nitrogen and oxygen atoms in total. The van der Waals surface area contributed by atoms with Crippen molar-refractivity contribution in [2.24, 2.45) is 0 Å². The molecule has 0 spiro atoms. The molecule has 0 N–H and O–H groups in total. The molecule has 0 aliphatic rings. The minimum atomic E-state index is 0.682. The minimum Gasteiger partial charge on any atom is -0.385 e. The maximum absolute atomic E-state index is 5.91. The van der Waals surface area contributed by atoms with Gasteiger partial charge in [-0.15, -0.1) is 16.4 Å². The second-order valence-electron chi connectivity index (χ2n) is 4.64. The Bertz CT molecular complexity index is 759. The number of aryl methyl sites for hydroxylation is 1. The number of hydrogen-bond acceptors (Lipinski definition) is 7. The molecule has 2 aromatic heterocycles. The van der Waals surface area contributed by atoms with Gasteiger partial charge in [0.1, 0.15) is 0 Å². The van der Waals surface area contributed by atoms with Crippen molar-refractivity contribution in [1.29, 1.82) is 0 Å². The van der Waals surface area contributed by atoms with Crippen LogP contribution in [0.25, 0.3) is 11.3 Å². The predicted octanol–water partition coefficient (Wildman–Crippen LogP) is 3.64. The van der Waals surface area contributed by atoms with Crippen molar-refractivity contribution < 1.29 is 4.74 Å². The summed E-state index contributed by atoms with van der Waals surface area (Å²) >= 11 is 8.95. The van der Waals surface area contributed by atoms with E-state index in [2.05, 4.69) is 20.5 Å². The van der Waals surface area contributed by atoms with E-state index in [-0.39, 0.29) is 0 Å². The highest BCUT2D eigenvalue weighted by Gasteiger charge is 2.12. The van der Waals surface area contributed by atoms with Crippen molar-refractivity contribution in [3.05, 3.63) is 34.7 Å². The van der Waals surface area contributed by atoms with E-state index in [4.69, 9.17) is 16.3 Å². The van der Waals surface area contributed by atoms with E-state index >= 15 is 0 Å². The monoisotopic (exact) mass is 367 g/mol. The zero-order valence-electron chi connectivity index (χ0n) is 12.3. The molecule has 9 heteroatoms. The zero-order chi connectivity index (χ0) is 16.1. The number of halogens is 1. The highest BCUT2D eigenvalue weighted by Crippen LogP contribution is 2.32. The number of rotatable bonds is 7. The molecule has 0 aliphatic carbocycles. The highest BCUT2D eigenvalue weighted by molar-refractivity contribution is 8.00. The fourth-order valence-electron chi connectivity index (χ4n) is 1.90. The van der Waals surface area contributed by atoms with E-state index in [1.54, 1.807) is 23.1 Å². The van der Waals surface area contributed by atoms with Crippen LogP contribution >= 0.6 is 34.7 Å². The summed E-state index contributed by atoms with van der Waals surface area (Å²) in [5.41, 5.74) is 1.96. The first kappa shape index (κ1) is 16.4. The second kappa shape index (κ2) is 7.87. The van der Waals surface area contributed by atoms with E-state index in [0.29, 0.717) is 11.6 Å². The summed E-state index contributed by atoms with van der Waals surface area (Å²) in [6, 6.07) is 7.64. The molecule has 3 aromatic rings. The Hall–Kier alpha value is -1.48. The Labute approximate surface area is 146 Å². The quantitative estimate of drug-likeness (QED) is 0.594. The second-order valence-corrected chi connectivity index (χ2v) is 7.15. The van der Waals surface area contributed by atoms with Gasteiger partial charge in [0, 0.05) is 36.2 Å². The SMILES string of the molecule is COCCCn1nnnc1Sc1nc(-c2ccc(Cl)cc2)cs1. The largest absolute Gasteiger partial charge is 0.385 e. The van der Waals surface area contributed by atoms with Gasteiger partial charge in [-0.25, -0.2) is 9.67 Å². The van der Waals surface area contributed by atoms with E-state index in [0.717, 1.165) is 33.7 Å². The van der Waals surface area contributed by atoms with Gasteiger partial charge in [-0.05, 0) is 40.7 Å². The van der Waals surface area contributed by atoms with Crippen LogP contribution in [0.4, 0.5) is 0 Å². The van der Waals surface area contributed by atoms with Gasteiger partial charge in [0.25, 0.3) is 0 Å². The first-order valence-electron chi connectivity index (χ1n) is 6.90. The Morgan fingerprint density at radius 1 is 1.30 bits per heavy atom. The molecule has 0 aliphatic heterocycles. The van der Waals surface area contributed by atoms with Crippen molar-refractivity contribution in [2.45, 2.75) is 22.5 Å². The smallest absolute Gasteiger partial charge is 0.216 e. The molecule has 0 unspecified atom stereocenters. The molecule has 23 heavy (non-hydrogen) atoms. The summed E-state index contributed by atoms with van der Waals surface area (Å²) in [6.45, 7) is 1.40. The average Bonchev–Trinajstić information content (AvgIpc) is 3.19. The maximum atomic E-state index is 5.91. The molecule has 0 bridgehead atoms. The molecule has 2 heterocycles. The third-order valence-corrected chi connectivity index (χ3v) is 5.18. The van der Waals surface area contributed by atoms with Crippen LogP contribution in [-0.4, -0.2) is 38.9 Å². The van der Waals surface area contributed by atoms with Gasteiger partial charge in [-0.3, -0.25) is 0 Å². The molecule has 0 atom stereocenters. The topological polar surface area (TPSA) is 65.7 Å². The molecule has 1 aromatic carbocycles. The van der Waals surface area contributed by atoms with Crippen molar-refractivity contribution in [3.63, 3.8) is 0 Å². The first-order valence-corrected chi connectivity index (χ1v) is 8.98. The van der Waals surface area contributed by atoms with E-state index in [1.165, 1.54) is 11.8 Å². The van der Waals surface area contributed by atoms with Gasteiger partial charge in [0.05, 0.1) is 5.69 Å². The number of methoxy groups -OCH3 is 1. The first-order chi connectivity index (χ1) is 11.3. The fraction of sp³-hybridized carbons (Fsp3) is 0.286. The van der Waals surface area contributed by atoms with Crippen molar-refractivity contribution in [1.82, 2.24) is 25.2 Å². The molecule has 120 valence electrons. The van der Waals surface area contributed by atoms with Crippen LogP contribution in [-0.2, 0) is 11.3 Å². The van der Waals surface area contributed by atoms with Crippen LogP contribution in [0.1, 0.15) is 6.42 Å². The van der Waals surface area contributed by atoms with Crippen LogP contribution in [0.3, 0.4) is 0 Å². The normalized spacial score (nSPS) is 11.0. The number of aromatic nitrogens is 5. The minimum absolute atomic E-state index is 0.682. The van der Waals surface area contributed by atoms with Crippen molar-refractivity contribution >= 4 is 34.7 Å². The molecular formula is C14H14ClN5OS2. The fourth-order valence-corrected chi connectivity index (χ4v) is 3.75. The van der Waals surface area contributed by atoms with Crippen molar-refractivity contribution in [2.75, 3.05) is 13.7 Å². The molecule has 3 rings (SSSR count). The van der Waals surface area contributed by atoms with Gasteiger partial charge in [0.2, 0.25) is 5.16 Å². The Kier molecular flexibility index (Phi) is 5.60. The molecule has 0 saturated heterocycles. The summed E-state index contributed by atoms with van der Waals surface area (Å²) in [7, 11) is 1.68. The molecule has 0 fully saturated rings. The molecular weight excluding hydrogens is 354 g/mol. The third-order valence-electron chi connectivity index (χ3n) is 3.02. The average molecular weight is 368 g/mol. The lowest BCUT2D eigenvalue weighted by Crippen LogP contribution is -2.04.